The predicted molar refractivity (Wildman–Crippen MR) is 132 cm³/mol. The van der Waals surface area contributed by atoms with Crippen molar-refractivity contribution in [3.63, 3.8) is 0 Å². The number of pyridine rings is 1. The summed E-state index contributed by atoms with van der Waals surface area (Å²) < 4.78 is 11.7. The van der Waals surface area contributed by atoms with Crippen LogP contribution in [-0.4, -0.2) is 38.0 Å². The first-order valence-electron chi connectivity index (χ1n) is 10.1. The number of rotatable bonds is 8. The van der Waals surface area contributed by atoms with Crippen molar-refractivity contribution in [2.75, 3.05) is 24.8 Å². The van der Waals surface area contributed by atoms with Crippen molar-refractivity contribution in [2.45, 2.75) is 44.9 Å². The second-order valence-corrected chi connectivity index (χ2v) is 15.7. The molecule has 8 heteroatoms. The number of benzene rings is 1. The van der Waals surface area contributed by atoms with Gasteiger partial charge >= 0.3 is 0 Å². The summed E-state index contributed by atoms with van der Waals surface area (Å²) in [5.74, 6) is 0.798. The number of aryl methyl sites for hydroxylation is 1. The normalized spacial score (nSPS) is 16.9. The van der Waals surface area contributed by atoms with Gasteiger partial charge in [0.1, 0.15) is 5.75 Å². The van der Waals surface area contributed by atoms with Crippen LogP contribution in [0.3, 0.4) is 0 Å². The van der Waals surface area contributed by atoms with Crippen molar-refractivity contribution in [2.24, 2.45) is 0 Å². The summed E-state index contributed by atoms with van der Waals surface area (Å²) in [6.45, 7) is 10.6. The smallest absolute Gasteiger partial charge is 0.189 e. The average Bonchev–Trinajstić information content (AvgIpc) is 3.04. The minimum absolute atomic E-state index is 0.0918. The number of aromatic nitrogens is 1. The molecule has 1 aliphatic rings. The standard InChI is InChI=1S/C22H28Cl2N2O2SSi/c1-15-11-17(7-8-25-15)26-13-16(12-20(26)29)21-19(6-5-18(23)22(21)24)28-14-27-9-10-30(2,3)4/h5-8,11,16H,9-10,12-14H2,1-4H3. The topological polar surface area (TPSA) is 34.6 Å². The Morgan fingerprint density at radius 1 is 1.23 bits per heavy atom. The number of ether oxygens (including phenoxy) is 2. The van der Waals surface area contributed by atoms with Crippen LogP contribution in [0.4, 0.5) is 5.69 Å². The first-order chi connectivity index (χ1) is 14.2. The van der Waals surface area contributed by atoms with E-state index in [1.807, 2.05) is 25.1 Å². The molecule has 0 saturated carbocycles. The van der Waals surface area contributed by atoms with Crippen molar-refractivity contribution in [3.05, 3.63) is 51.8 Å². The fraction of sp³-hybridized carbons (Fsp3) is 0.455. The van der Waals surface area contributed by atoms with Crippen molar-refractivity contribution in [1.82, 2.24) is 4.98 Å². The van der Waals surface area contributed by atoms with Crippen LogP contribution in [0.25, 0.3) is 0 Å². The third-order valence-electron chi connectivity index (χ3n) is 5.11. The van der Waals surface area contributed by atoms with Gasteiger partial charge in [-0.05, 0) is 37.2 Å². The van der Waals surface area contributed by atoms with Gasteiger partial charge in [0, 0.05) is 56.7 Å². The van der Waals surface area contributed by atoms with Crippen LogP contribution in [0.2, 0.25) is 35.7 Å². The highest BCUT2D eigenvalue weighted by Gasteiger charge is 2.33. The Hall–Kier alpha value is -1.18. The molecule has 0 N–H and O–H groups in total. The highest BCUT2D eigenvalue weighted by Crippen LogP contribution is 2.43. The Morgan fingerprint density at radius 3 is 2.70 bits per heavy atom. The van der Waals surface area contributed by atoms with Gasteiger partial charge < -0.3 is 14.4 Å². The minimum atomic E-state index is -1.13. The molecule has 30 heavy (non-hydrogen) atoms. The minimum Gasteiger partial charge on any atom is -0.467 e. The van der Waals surface area contributed by atoms with Gasteiger partial charge in [0.25, 0.3) is 0 Å². The first kappa shape index (κ1) is 23.5. The third-order valence-corrected chi connectivity index (χ3v) is 8.02. The highest BCUT2D eigenvalue weighted by atomic mass is 35.5. The van der Waals surface area contributed by atoms with Crippen LogP contribution in [0.5, 0.6) is 5.75 Å². The van der Waals surface area contributed by atoms with Gasteiger partial charge in [-0.25, -0.2) is 0 Å². The molecule has 1 aromatic heterocycles. The van der Waals surface area contributed by atoms with Gasteiger partial charge in [0.2, 0.25) is 0 Å². The SMILES string of the molecule is Cc1cc(N2CC(c3c(OCOCC[Si](C)(C)C)ccc(Cl)c3Cl)CC2=S)ccn1. The van der Waals surface area contributed by atoms with Gasteiger partial charge in [0.15, 0.2) is 6.79 Å². The maximum Gasteiger partial charge on any atom is 0.189 e. The molecule has 4 nitrogen and oxygen atoms in total. The summed E-state index contributed by atoms with van der Waals surface area (Å²) in [5, 5.41) is 1.04. The van der Waals surface area contributed by atoms with E-state index in [1.54, 1.807) is 12.3 Å². The van der Waals surface area contributed by atoms with Crippen molar-refractivity contribution in [1.29, 1.82) is 0 Å². The quantitative estimate of drug-likeness (QED) is 0.180. The molecule has 1 saturated heterocycles. The number of anilines is 1. The largest absolute Gasteiger partial charge is 0.467 e. The van der Waals surface area contributed by atoms with Gasteiger partial charge in [-0.15, -0.1) is 0 Å². The van der Waals surface area contributed by atoms with Gasteiger partial charge in [-0.2, -0.15) is 0 Å². The summed E-state index contributed by atoms with van der Waals surface area (Å²) in [6, 6.07) is 8.75. The van der Waals surface area contributed by atoms with Crippen molar-refractivity contribution >= 4 is 54.2 Å². The molecular weight excluding hydrogens is 455 g/mol. The number of nitrogens with zero attached hydrogens (tertiary/aromatic N) is 2. The van der Waals surface area contributed by atoms with E-state index in [0.29, 0.717) is 28.8 Å². The van der Waals surface area contributed by atoms with Crippen LogP contribution >= 0.6 is 35.4 Å². The zero-order chi connectivity index (χ0) is 21.9. The molecule has 1 unspecified atom stereocenters. The molecule has 1 fully saturated rings. The fourth-order valence-corrected chi connectivity index (χ4v) is 5.06. The lowest BCUT2D eigenvalue weighted by molar-refractivity contribution is 0.0213. The molecule has 3 rings (SSSR count). The lowest BCUT2D eigenvalue weighted by Gasteiger charge is -2.21. The molecule has 0 spiro atoms. The Balaban J connectivity index is 1.75. The number of hydrogen-bond acceptors (Lipinski definition) is 4. The van der Waals surface area contributed by atoms with Gasteiger partial charge in [-0.3, -0.25) is 4.98 Å². The van der Waals surface area contributed by atoms with E-state index in [0.717, 1.165) is 34.5 Å². The first-order valence-corrected chi connectivity index (χ1v) is 14.9. The molecule has 1 aliphatic heterocycles. The second-order valence-electron chi connectivity index (χ2n) is 8.82. The maximum absolute atomic E-state index is 6.63. The van der Waals surface area contributed by atoms with E-state index in [1.165, 1.54) is 0 Å². The molecule has 0 amide bonds. The van der Waals surface area contributed by atoms with E-state index < -0.39 is 8.07 Å². The lowest BCUT2D eigenvalue weighted by Crippen LogP contribution is -2.23. The summed E-state index contributed by atoms with van der Waals surface area (Å²) in [6.07, 6.45) is 2.52. The van der Waals surface area contributed by atoms with E-state index in [9.17, 15) is 0 Å². The molecule has 0 radical (unpaired) electrons. The summed E-state index contributed by atoms with van der Waals surface area (Å²) in [5.41, 5.74) is 2.90. The van der Waals surface area contributed by atoms with E-state index in [4.69, 9.17) is 44.9 Å². The Morgan fingerprint density at radius 2 is 2.00 bits per heavy atom. The van der Waals surface area contributed by atoms with E-state index >= 15 is 0 Å². The Bertz CT molecular complexity index is 920. The summed E-state index contributed by atoms with van der Waals surface area (Å²) >= 11 is 18.7. The zero-order valence-corrected chi connectivity index (χ0v) is 21.2. The average molecular weight is 484 g/mol. The predicted octanol–water partition coefficient (Wildman–Crippen LogP) is 6.71. The highest BCUT2D eigenvalue weighted by molar-refractivity contribution is 7.80. The van der Waals surface area contributed by atoms with Crippen LogP contribution in [0.1, 0.15) is 23.6 Å². The number of thiocarbonyl (C=S) groups is 1. The van der Waals surface area contributed by atoms with E-state index in [-0.39, 0.29) is 12.7 Å². The van der Waals surface area contributed by atoms with Gasteiger partial charge in [0.05, 0.1) is 15.0 Å². The fourth-order valence-electron chi connectivity index (χ4n) is 3.45. The maximum atomic E-state index is 6.63. The lowest BCUT2D eigenvalue weighted by atomic mass is 9.97. The third kappa shape index (κ3) is 5.95. The van der Waals surface area contributed by atoms with E-state index in [2.05, 4.69) is 29.5 Å². The number of halogens is 2. The molecule has 2 aromatic rings. The molecule has 162 valence electrons. The Labute approximate surface area is 195 Å². The zero-order valence-electron chi connectivity index (χ0n) is 17.9. The monoisotopic (exact) mass is 482 g/mol. The van der Waals surface area contributed by atoms with Crippen molar-refractivity contribution in [3.8, 4) is 5.75 Å². The molecule has 2 heterocycles. The van der Waals surface area contributed by atoms with Crippen LogP contribution in [0.15, 0.2) is 30.5 Å². The Kier molecular flexibility index (Phi) is 7.79. The molecule has 0 bridgehead atoms. The van der Waals surface area contributed by atoms with Crippen molar-refractivity contribution < 1.29 is 9.47 Å². The van der Waals surface area contributed by atoms with Crippen LogP contribution < -0.4 is 9.64 Å². The summed E-state index contributed by atoms with van der Waals surface area (Å²) in [4.78, 5) is 7.29. The summed E-state index contributed by atoms with van der Waals surface area (Å²) in [7, 11) is -1.13. The molecule has 1 atom stereocenters. The second kappa shape index (κ2) is 9.96. The van der Waals surface area contributed by atoms with Gasteiger partial charge in [-0.1, -0.05) is 55.1 Å². The van der Waals surface area contributed by atoms with Crippen LogP contribution in [-0.2, 0) is 4.74 Å². The number of hydrogen-bond donors (Lipinski definition) is 0. The van der Waals surface area contributed by atoms with Crippen LogP contribution in [0, 0.1) is 6.92 Å². The molecule has 1 aromatic carbocycles. The molecule has 0 aliphatic carbocycles. The molecular formula is C22H28Cl2N2O2SSi.